The first-order valence-corrected chi connectivity index (χ1v) is 5.72. The number of benzene rings is 1. The van der Waals surface area contributed by atoms with Gasteiger partial charge in [0.2, 0.25) is 0 Å². The molecule has 0 saturated heterocycles. The van der Waals surface area contributed by atoms with E-state index >= 15 is 0 Å². The van der Waals surface area contributed by atoms with E-state index in [2.05, 4.69) is 5.10 Å². The molecule has 1 aromatic heterocycles. The van der Waals surface area contributed by atoms with Crippen LogP contribution in [0.2, 0.25) is 0 Å². The predicted molar refractivity (Wildman–Crippen MR) is 66.8 cm³/mol. The van der Waals surface area contributed by atoms with Crippen molar-refractivity contribution in [1.29, 1.82) is 0 Å². The van der Waals surface area contributed by atoms with E-state index in [0.717, 1.165) is 5.39 Å². The summed E-state index contributed by atoms with van der Waals surface area (Å²) < 4.78 is 1.33. The number of hydrogen-bond acceptors (Lipinski definition) is 3. The van der Waals surface area contributed by atoms with Gasteiger partial charge in [0.25, 0.3) is 5.56 Å². The van der Waals surface area contributed by atoms with E-state index < -0.39 is 6.10 Å². The lowest BCUT2D eigenvalue weighted by atomic mass is 10.1. The van der Waals surface area contributed by atoms with Gasteiger partial charge in [-0.15, -0.1) is 0 Å². The highest BCUT2D eigenvalue weighted by atomic mass is 16.3. The van der Waals surface area contributed by atoms with Gasteiger partial charge in [-0.3, -0.25) is 4.79 Å². The van der Waals surface area contributed by atoms with Crippen LogP contribution in [0.25, 0.3) is 10.8 Å². The molecule has 4 nitrogen and oxygen atoms in total. The number of hydrogen-bond donors (Lipinski definition) is 1. The number of aliphatic hydroxyl groups excluding tert-OH is 1. The molecule has 1 heterocycles. The zero-order chi connectivity index (χ0) is 12.4. The van der Waals surface area contributed by atoms with Gasteiger partial charge in [-0.25, -0.2) is 4.68 Å². The summed E-state index contributed by atoms with van der Waals surface area (Å²) >= 11 is 0. The molecule has 90 valence electrons. The Morgan fingerprint density at radius 2 is 2.06 bits per heavy atom. The van der Waals surface area contributed by atoms with Gasteiger partial charge in [-0.2, -0.15) is 5.10 Å². The number of rotatable bonds is 3. The molecule has 0 aliphatic rings. The lowest BCUT2D eigenvalue weighted by Gasteiger charge is -2.15. The zero-order valence-electron chi connectivity index (χ0n) is 10.00. The molecule has 0 fully saturated rings. The van der Waals surface area contributed by atoms with Crippen LogP contribution in [0.15, 0.2) is 35.3 Å². The number of nitrogens with zero attached hydrogens (tertiary/aromatic N) is 2. The minimum absolute atomic E-state index is 0.107. The van der Waals surface area contributed by atoms with Gasteiger partial charge in [-0.05, 0) is 12.0 Å². The van der Waals surface area contributed by atoms with Crippen LogP contribution in [0.3, 0.4) is 0 Å². The molecule has 1 N–H and O–H groups in total. The van der Waals surface area contributed by atoms with Gasteiger partial charge in [0.05, 0.1) is 24.2 Å². The van der Waals surface area contributed by atoms with Gasteiger partial charge < -0.3 is 5.11 Å². The van der Waals surface area contributed by atoms with E-state index in [1.807, 2.05) is 32.0 Å². The van der Waals surface area contributed by atoms with Crippen molar-refractivity contribution in [1.82, 2.24) is 9.78 Å². The van der Waals surface area contributed by atoms with Crippen LogP contribution in [0.4, 0.5) is 0 Å². The van der Waals surface area contributed by atoms with Crippen LogP contribution in [-0.2, 0) is 6.54 Å². The summed E-state index contributed by atoms with van der Waals surface area (Å²) in [6.07, 6.45) is 1.10. The van der Waals surface area contributed by atoms with Crippen LogP contribution in [0.1, 0.15) is 13.8 Å². The maximum Gasteiger partial charge on any atom is 0.274 e. The highest BCUT2D eigenvalue weighted by Crippen LogP contribution is 2.07. The van der Waals surface area contributed by atoms with Crippen molar-refractivity contribution in [2.24, 2.45) is 5.92 Å². The first kappa shape index (κ1) is 11.8. The third kappa shape index (κ3) is 2.36. The Morgan fingerprint density at radius 3 is 2.76 bits per heavy atom. The summed E-state index contributed by atoms with van der Waals surface area (Å²) in [5.41, 5.74) is -0.150. The van der Waals surface area contributed by atoms with Gasteiger partial charge >= 0.3 is 0 Å². The molecular weight excluding hydrogens is 216 g/mol. The number of fused-ring (bicyclic) bond motifs is 1. The van der Waals surface area contributed by atoms with Crippen LogP contribution in [0, 0.1) is 5.92 Å². The second kappa shape index (κ2) is 4.67. The van der Waals surface area contributed by atoms with E-state index in [0.29, 0.717) is 5.39 Å². The molecule has 0 amide bonds. The normalized spacial score (nSPS) is 13.2. The molecule has 1 unspecified atom stereocenters. The molecule has 2 aromatic rings. The highest BCUT2D eigenvalue weighted by molar-refractivity contribution is 5.80. The fourth-order valence-electron chi connectivity index (χ4n) is 1.65. The highest BCUT2D eigenvalue weighted by Gasteiger charge is 2.12. The number of aromatic nitrogens is 2. The van der Waals surface area contributed by atoms with E-state index in [-0.39, 0.29) is 18.0 Å². The Kier molecular flexibility index (Phi) is 3.24. The zero-order valence-corrected chi connectivity index (χ0v) is 10.00. The first-order chi connectivity index (χ1) is 8.09. The molecular formula is C13H16N2O2. The van der Waals surface area contributed by atoms with E-state index in [4.69, 9.17) is 0 Å². The van der Waals surface area contributed by atoms with Crippen LogP contribution < -0.4 is 5.56 Å². The van der Waals surface area contributed by atoms with Gasteiger partial charge in [0.15, 0.2) is 0 Å². The SMILES string of the molecule is CC(C)C(O)Cn1ncc2ccccc2c1=O. The average molecular weight is 232 g/mol. The topological polar surface area (TPSA) is 55.1 Å². The summed E-state index contributed by atoms with van der Waals surface area (Å²) in [5.74, 6) is 0.107. The quantitative estimate of drug-likeness (QED) is 0.870. The lowest BCUT2D eigenvalue weighted by Crippen LogP contribution is -2.31. The molecule has 0 aliphatic heterocycles. The molecule has 0 bridgehead atoms. The monoisotopic (exact) mass is 232 g/mol. The second-order valence-corrected chi connectivity index (χ2v) is 4.53. The largest absolute Gasteiger partial charge is 0.391 e. The summed E-state index contributed by atoms with van der Waals surface area (Å²) in [4.78, 5) is 12.1. The van der Waals surface area contributed by atoms with Crippen LogP contribution in [-0.4, -0.2) is 21.0 Å². The van der Waals surface area contributed by atoms with Crippen molar-refractivity contribution in [2.45, 2.75) is 26.5 Å². The second-order valence-electron chi connectivity index (χ2n) is 4.53. The Morgan fingerprint density at radius 1 is 1.35 bits per heavy atom. The molecule has 4 heteroatoms. The Bertz CT molecular complexity index is 575. The molecule has 0 aliphatic carbocycles. The Balaban J connectivity index is 2.43. The van der Waals surface area contributed by atoms with Crippen molar-refractivity contribution in [3.63, 3.8) is 0 Å². The van der Waals surface area contributed by atoms with Crippen molar-refractivity contribution in [2.75, 3.05) is 0 Å². The summed E-state index contributed by atoms with van der Waals surface area (Å²) in [6.45, 7) is 4.06. The Labute approximate surface area is 99.5 Å². The molecule has 2 rings (SSSR count). The standard InChI is InChI=1S/C13H16N2O2/c1-9(2)12(16)8-15-13(17)11-6-4-3-5-10(11)7-14-15/h3-7,9,12,16H,8H2,1-2H3. The lowest BCUT2D eigenvalue weighted by molar-refractivity contribution is 0.101. The van der Waals surface area contributed by atoms with Gasteiger partial charge in [-0.1, -0.05) is 32.0 Å². The van der Waals surface area contributed by atoms with E-state index in [1.165, 1.54) is 4.68 Å². The smallest absolute Gasteiger partial charge is 0.274 e. The molecule has 0 radical (unpaired) electrons. The summed E-state index contributed by atoms with van der Waals surface area (Å²) in [5, 5.41) is 15.3. The fraction of sp³-hybridized carbons (Fsp3) is 0.385. The van der Waals surface area contributed by atoms with Crippen molar-refractivity contribution in [3.8, 4) is 0 Å². The minimum Gasteiger partial charge on any atom is -0.391 e. The van der Waals surface area contributed by atoms with E-state index in [9.17, 15) is 9.90 Å². The molecule has 17 heavy (non-hydrogen) atoms. The maximum absolute atomic E-state index is 12.1. The van der Waals surface area contributed by atoms with Crippen molar-refractivity contribution < 1.29 is 5.11 Å². The maximum atomic E-state index is 12.1. The number of aliphatic hydroxyl groups is 1. The molecule has 0 saturated carbocycles. The van der Waals surface area contributed by atoms with Crippen molar-refractivity contribution in [3.05, 3.63) is 40.8 Å². The summed E-state index contributed by atoms with van der Waals surface area (Å²) in [7, 11) is 0. The van der Waals surface area contributed by atoms with Crippen LogP contribution >= 0.6 is 0 Å². The third-order valence-electron chi connectivity index (χ3n) is 2.89. The predicted octanol–water partition coefficient (Wildman–Crippen LogP) is 1.41. The van der Waals surface area contributed by atoms with Gasteiger partial charge in [0, 0.05) is 5.39 Å². The van der Waals surface area contributed by atoms with Crippen LogP contribution in [0.5, 0.6) is 0 Å². The third-order valence-corrected chi connectivity index (χ3v) is 2.89. The average Bonchev–Trinajstić information content (AvgIpc) is 2.33. The minimum atomic E-state index is -0.554. The Hall–Kier alpha value is -1.68. The molecule has 1 aromatic carbocycles. The van der Waals surface area contributed by atoms with E-state index in [1.54, 1.807) is 12.3 Å². The van der Waals surface area contributed by atoms with Crippen molar-refractivity contribution >= 4 is 10.8 Å². The first-order valence-electron chi connectivity index (χ1n) is 5.72. The fourth-order valence-corrected chi connectivity index (χ4v) is 1.65. The molecule has 0 spiro atoms. The molecule has 1 atom stereocenters. The summed E-state index contributed by atoms with van der Waals surface area (Å²) in [6, 6.07) is 7.33. The van der Waals surface area contributed by atoms with Gasteiger partial charge in [0.1, 0.15) is 0 Å².